The number of piperidine rings is 1. The number of carbonyl (C=O) groups excluding carboxylic acids is 1. The van der Waals surface area contributed by atoms with Crippen molar-refractivity contribution < 1.29 is 28.7 Å². The van der Waals surface area contributed by atoms with E-state index in [2.05, 4.69) is 5.32 Å². The van der Waals surface area contributed by atoms with Crippen LogP contribution in [0.3, 0.4) is 0 Å². The van der Waals surface area contributed by atoms with Gasteiger partial charge < -0.3 is 24.8 Å². The quantitative estimate of drug-likeness (QED) is 0.750. The number of likely N-dealkylation sites (tertiary alicyclic amines) is 1. The Morgan fingerprint density at radius 1 is 1.11 bits per heavy atom. The zero-order valence-electron chi connectivity index (χ0n) is 14.8. The summed E-state index contributed by atoms with van der Waals surface area (Å²) in [5.41, 5.74) is 0.481. The lowest BCUT2D eigenvalue weighted by Gasteiger charge is -2.36. The lowest BCUT2D eigenvalue weighted by atomic mass is 9.84. The van der Waals surface area contributed by atoms with Crippen molar-refractivity contribution in [3.05, 3.63) is 53.8 Å². The Labute approximate surface area is 156 Å². The Balaban J connectivity index is 1.33. The van der Waals surface area contributed by atoms with Gasteiger partial charge in [0.05, 0.1) is 13.1 Å². The van der Waals surface area contributed by atoms with Gasteiger partial charge >= 0.3 is 0 Å². The fraction of sp³-hybridized carbons (Fsp3) is 0.350. The van der Waals surface area contributed by atoms with E-state index >= 15 is 0 Å². The van der Waals surface area contributed by atoms with E-state index in [1.165, 1.54) is 24.3 Å². The Morgan fingerprint density at radius 3 is 2.56 bits per heavy atom. The molecule has 0 aromatic heterocycles. The molecule has 0 aliphatic carbocycles. The van der Waals surface area contributed by atoms with Crippen LogP contribution >= 0.6 is 0 Å². The molecule has 0 saturated carbocycles. The van der Waals surface area contributed by atoms with Gasteiger partial charge in [0, 0.05) is 18.5 Å². The molecular formula is C20H22FN2O4+. The molecule has 2 heterocycles. The highest BCUT2D eigenvalue weighted by Crippen LogP contribution is 2.38. The fourth-order valence-corrected chi connectivity index (χ4v) is 3.63. The minimum Gasteiger partial charge on any atom is -0.454 e. The molecule has 0 spiro atoms. The number of ether oxygens (including phenoxy) is 2. The number of aliphatic hydroxyl groups is 1. The Bertz CT molecular complexity index is 832. The third-order valence-electron chi connectivity index (χ3n) is 5.23. The number of benzene rings is 2. The van der Waals surface area contributed by atoms with Crippen molar-refractivity contribution in [2.45, 2.75) is 18.4 Å². The predicted molar refractivity (Wildman–Crippen MR) is 96.3 cm³/mol. The summed E-state index contributed by atoms with van der Waals surface area (Å²) in [4.78, 5) is 13.3. The molecule has 142 valence electrons. The molecule has 0 radical (unpaired) electrons. The average Bonchev–Trinajstić information content (AvgIpc) is 3.13. The number of hydrogen-bond acceptors (Lipinski definition) is 4. The summed E-state index contributed by atoms with van der Waals surface area (Å²) in [7, 11) is 0. The number of halogens is 1. The molecule has 0 bridgehead atoms. The maximum absolute atomic E-state index is 12.9. The van der Waals surface area contributed by atoms with Gasteiger partial charge in [-0.25, -0.2) is 4.39 Å². The first-order valence-corrected chi connectivity index (χ1v) is 9.03. The van der Waals surface area contributed by atoms with Crippen LogP contribution in [0.5, 0.6) is 11.5 Å². The molecule has 2 aromatic carbocycles. The number of rotatable bonds is 4. The van der Waals surface area contributed by atoms with E-state index < -0.39 is 5.60 Å². The molecule has 0 atom stereocenters. The van der Waals surface area contributed by atoms with E-state index in [0.717, 1.165) is 10.5 Å². The monoisotopic (exact) mass is 373 g/mol. The summed E-state index contributed by atoms with van der Waals surface area (Å²) < 4.78 is 23.6. The number of amides is 1. The summed E-state index contributed by atoms with van der Waals surface area (Å²) in [5, 5.41) is 13.8. The third-order valence-corrected chi connectivity index (χ3v) is 5.23. The molecule has 1 amide bonds. The molecule has 2 aliphatic heterocycles. The molecule has 27 heavy (non-hydrogen) atoms. The zero-order valence-corrected chi connectivity index (χ0v) is 14.8. The lowest BCUT2D eigenvalue weighted by molar-refractivity contribution is -0.899. The SMILES string of the molecule is O=C(C[NH+]1CCC(O)(c2ccc3c(c2)OCO3)CC1)Nc1ccc(F)cc1. The van der Waals surface area contributed by atoms with Gasteiger partial charge in [-0.15, -0.1) is 0 Å². The van der Waals surface area contributed by atoms with Gasteiger partial charge in [0.2, 0.25) is 6.79 Å². The molecule has 1 fully saturated rings. The normalized spacial score (nSPS) is 23.9. The van der Waals surface area contributed by atoms with Crippen LogP contribution in [0.1, 0.15) is 18.4 Å². The van der Waals surface area contributed by atoms with Crippen LogP contribution in [-0.4, -0.2) is 37.4 Å². The smallest absolute Gasteiger partial charge is 0.279 e. The van der Waals surface area contributed by atoms with Gasteiger partial charge in [0.1, 0.15) is 11.4 Å². The van der Waals surface area contributed by atoms with Crippen LogP contribution in [0, 0.1) is 5.82 Å². The van der Waals surface area contributed by atoms with E-state index in [1.807, 2.05) is 18.2 Å². The third kappa shape index (κ3) is 3.89. The molecule has 4 rings (SSSR count). The summed E-state index contributed by atoms with van der Waals surface area (Å²) in [6.45, 7) is 1.89. The van der Waals surface area contributed by atoms with Crippen molar-refractivity contribution >= 4 is 11.6 Å². The molecule has 6 nitrogen and oxygen atoms in total. The van der Waals surface area contributed by atoms with Gasteiger partial charge in [-0.2, -0.15) is 0 Å². The minimum absolute atomic E-state index is 0.120. The van der Waals surface area contributed by atoms with Crippen molar-refractivity contribution in [1.82, 2.24) is 0 Å². The molecule has 1 saturated heterocycles. The maximum atomic E-state index is 12.9. The molecule has 3 N–H and O–H groups in total. The fourth-order valence-electron chi connectivity index (χ4n) is 3.63. The van der Waals surface area contributed by atoms with Gasteiger partial charge in [-0.1, -0.05) is 6.07 Å². The largest absolute Gasteiger partial charge is 0.454 e. The van der Waals surface area contributed by atoms with E-state index in [4.69, 9.17) is 9.47 Å². The molecule has 7 heteroatoms. The highest BCUT2D eigenvalue weighted by atomic mass is 19.1. The molecule has 2 aromatic rings. The summed E-state index contributed by atoms with van der Waals surface area (Å²) in [6, 6.07) is 11.2. The van der Waals surface area contributed by atoms with Gasteiger partial charge in [0.15, 0.2) is 18.0 Å². The summed E-state index contributed by atoms with van der Waals surface area (Å²) >= 11 is 0. The lowest BCUT2D eigenvalue weighted by Crippen LogP contribution is -3.14. The van der Waals surface area contributed by atoms with E-state index in [-0.39, 0.29) is 18.5 Å². The predicted octanol–water partition coefficient (Wildman–Crippen LogP) is 1.06. The number of hydrogen-bond donors (Lipinski definition) is 3. The highest BCUT2D eigenvalue weighted by molar-refractivity contribution is 5.91. The number of anilines is 1. The van der Waals surface area contributed by atoms with Gasteiger partial charge in [0.25, 0.3) is 5.91 Å². The Hall–Kier alpha value is -2.64. The van der Waals surface area contributed by atoms with Crippen LogP contribution in [0.4, 0.5) is 10.1 Å². The number of fused-ring (bicyclic) bond motifs is 1. The maximum Gasteiger partial charge on any atom is 0.279 e. The second kappa shape index (κ2) is 7.17. The van der Waals surface area contributed by atoms with E-state index in [9.17, 15) is 14.3 Å². The first-order chi connectivity index (χ1) is 13.0. The first-order valence-electron chi connectivity index (χ1n) is 9.03. The number of quaternary nitrogens is 1. The van der Waals surface area contributed by atoms with E-state index in [1.54, 1.807) is 0 Å². The van der Waals surface area contributed by atoms with Crippen molar-refractivity contribution in [1.29, 1.82) is 0 Å². The second-order valence-corrected chi connectivity index (χ2v) is 7.08. The van der Waals surface area contributed by atoms with Crippen molar-refractivity contribution in [2.24, 2.45) is 0 Å². The van der Waals surface area contributed by atoms with Crippen LogP contribution in [0.25, 0.3) is 0 Å². The van der Waals surface area contributed by atoms with Crippen LogP contribution in [-0.2, 0) is 10.4 Å². The highest BCUT2D eigenvalue weighted by Gasteiger charge is 2.37. The zero-order chi connectivity index (χ0) is 18.9. The van der Waals surface area contributed by atoms with E-state index in [0.29, 0.717) is 49.7 Å². The first kappa shape index (κ1) is 17.8. The van der Waals surface area contributed by atoms with Crippen molar-refractivity contribution in [2.75, 3.05) is 31.7 Å². The average molecular weight is 373 g/mol. The van der Waals surface area contributed by atoms with Gasteiger partial charge in [-0.3, -0.25) is 4.79 Å². The summed E-state index contributed by atoms with van der Waals surface area (Å²) in [6.07, 6.45) is 1.12. The number of carbonyl (C=O) groups is 1. The molecule has 2 aliphatic rings. The molecule has 0 unspecified atom stereocenters. The topological polar surface area (TPSA) is 72.2 Å². The molecular weight excluding hydrogens is 351 g/mol. The van der Waals surface area contributed by atoms with Crippen LogP contribution in [0.15, 0.2) is 42.5 Å². The summed E-state index contributed by atoms with van der Waals surface area (Å²) in [5.74, 6) is 0.903. The van der Waals surface area contributed by atoms with Crippen molar-refractivity contribution in [3.8, 4) is 11.5 Å². The Morgan fingerprint density at radius 2 is 1.81 bits per heavy atom. The van der Waals surface area contributed by atoms with Crippen molar-refractivity contribution in [3.63, 3.8) is 0 Å². The standard InChI is InChI=1S/C20H21FN2O4/c21-15-2-4-16(5-3-15)22-19(24)12-23-9-7-20(25,8-10-23)14-1-6-17-18(11-14)27-13-26-17/h1-6,11,25H,7-10,12-13H2,(H,22,24)/p+1. The Kier molecular flexibility index (Phi) is 4.72. The van der Waals surface area contributed by atoms with Crippen LogP contribution < -0.4 is 19.7 Å². The van der Waals surface area contributed by atoms with Gasteiger partial charge in [-0.05, 0) is 42.0 Å². The van der Waals surface area contributed by atoms with Crippen LogP contribution in [0.2, 0.25) is 0 Å². The number of nitrogens with one attached hydrogen (secondary N) is 2. The second-order valence-electron chi connectivity index (χ2n) is 7.08. The minimum atomic E-state index is -0.919.